The van der Waals surface area contributed by atoms with Crippen molar-refractivity contribution in [1.82, 2.24) is 4.90 Å². The number of amides is 1. The van der Waals surface area contributed by atoms with Crippen molar-refractivity contribution < 1.29 is 23.1 Å². The van der Waals surface area contributed by atoms with Crippen molar-refractivity contribution in [1.29, 1.82) is 0 Å². The average Bonchev–Trinajstić information content (AvgIpc) is 2.57. The van der Waals surface area contributed by atoms with Gasteiger partial charge in [0.1, 0.15) is 17.3 Å². The number of halogens is 2. The second-order valence-electron chi connectivity index (χ2n) is 5.60. The monoisotopic (exact) mass is 326 g/mol. The summed E-state index contributed by atoms with van der Waals surface area (Å²) in [7, 11) is 1.35. The first-order valence-corrected chi connectivity index (χ1v) is 7.50. The van der Waals surface area contributed by atoms with E-state index >= 15 is 0 Å². The van der Waals surface area contributed by atoms with Crippen LogP contribution in [0.5, 0.6) is 0 Å². The van der Waals surface area contributed by atoms with Gasteiger partial charge in [0.25, 0.3) is 0 Å². The van der Waals surface area contributed by atoms with Crippen LogP contribution in [-0.2, 0) is 14.3 Å². The van der Waals surface area contributed by atoms with E-state index in [1.54, 1.807) is 6.92 Å². The molecule has 0 saturated carbocycles. The summed E-state index contributed by atoms with van der Waals surface area (Å²) < 4.78 is 31.9. The van der Waals surface area contributed by atoms with Gasteiger partial charge in [0.2, 0.25) is 5.91 Å². The second-order valence-corrected chi connectivity index (χ2v) is 5.60. The number of hydrogen-bond donors (Lipinski definition) is 1. The maximum atomic E-state index is 13.6. The Morgan fingerprint density at radius 3 is 2.35 bits per heavy atom. The van der Waals surface area contributed by atoms with E-state index in [-0.39, 0.29) is 11.9 Å². The fourth-order valence-corrected chi connectivity index (χ4v) is 2.70. The minimum Gasteiger partial charge on any atom is -0.469 e. The number of benzene rings is 1. The van der Waals surface area contributed by atoms with Crippen LogP contribution >= 0.6 is 0 Å². The molecule has 1 aliphatic heterocycles. The van der Waals surface area contributed by atoms with Gasteiger partial charge in [-0.1, -0.05) is 6.07 Å². The number of ether oxygens (including phenoxy) is 1. The van der Waals surface area contributed by atoms with Crippen molar-refractivity contribution in [3.8, 4) is 0 Å². The van der Waals surface area contributed by atoms with E-state index in [1.165, 1.54) is 13.2 Å². The standard InChI is InChI=1S/C16H20F2N2O3/c1-10(20-8-6-11(7-9-20)16(22)23-2)15(21)19-14-12(17)4-3-5-13(14)18/h3-5,10-11H,6-9H2,1-2H3,(H,19,21)/t10-/m0/s1. The number of nitrogens with one attached hydrogen (secondary N) is 1. The quantitative estimate of drug-likeness (QED) is 0.862. The number of rotatable bonds is 4. The predicted molar refractivity (Wildman–Crippen MR) is 80.8 cm³/mol. The van der Waals surface area contributed by atoms with Crippen LogP contribution < -0.4 is 5.32 Å². The SMILES string of the molecule is COC(=O)C1CCN([C@@H](C)C(=O)Nc2c(F)cccc2F)CC1. The van der Waals surface area contributed by atoms with Gasteiger partial charge in [0.05, 0.1) is 19.1 Å². The van der Waals surface area contributed by atoms with Crippen LogP contribution in [0.4, 0.5) is 14.5 Å². The lowest BCUT2D eigenvalue weighted by molar-refractivity contribution is -0.147. The number of hydrogen-bond acceptors (Lipinski definition) is 4. The molecule has 1 aliphatic rings. The van der Waals surface area contributed by atoms with E-state index < -0.39 is 29.3 Å². The summed E-state index contributed by atoms with van der Waals surface area (Å²) >= 11 is 0. The molecule has 1 aromatic carbocycles. The normalized spacial score (nSPS) is 17.6. The van der Waals surface area contributed by atoms with Gasteiger partial charge in [-0.15, -0.1) is 0 Å². The lowest BCUT2D eigenvalue weighted by Gasteiger charge is -2.34. The summed E-state index contributed by atoms with van der Waals surface area (Å²) in [6, 6.07) is 2.87. The lowest BCUT2D eigenvalue weighted by Crippen LogP contribution is -2.47. The number of likely N-dealkylation sites (tertiary alicyclic amines) is 1. The Morgan fingerprint density at radius 2 is 1.83 bits per heavy atom. The topological polar surface area (TPSA) is 58.6 Å². The molecule has 2 rings (SSSR count). The fraction of sp³-hybridized carbons (Fsp3) is 0.500. The Labute approximate surface area is 133 Å². The lowest BCUT2D eigenvalue weighted by atomic mass is 9.96. The van der Waals surface area contributed by atoms with Crippen LogP contribution in [0.1, 0.15) is 19.8 Å². The molecule has 1 saturated heterocycles. The van der Waals surface area contributed by atoms with Crippen molar-refractivity contribution in [3.63, 3.8) is 0 Å². The Hall–Kier alpha value is -2.02. The Bertz CT molecular complexity index is 566. The van der Waals surface area contributed by atoms with Crippen molar-refractivity contribution in [2.75, 3.05) is 25.5 Å². The van der Waals surface area contributed by atoms with Gasteiger partial charge in [-0.2, -0.15) is 0 Å². The molecule has 1 atom stereocenters. The van der Waals surface area contributed by atoms with Crippen LogP contribution in [-0.4, -0.2) is 43.0 Å². The third-order valence-corrected chi connectivity index (χ3v) is 4.20. The molecule has 0 spiro atoms. The first kappa shape index (κ1) is 17.3. The number of anilines is 1. The molecule has 0 aromatic heterocycles. The number of methoxy groups -OCH3 is 1. The Balaban J connectivity index is 1.95. The largest absolute Gasteiger partial charge is 0.469 e. The molecule has 1 aromatic rings. The highest BCUT2D eigenvalue weighted by Gasteiger charge is 2.30. The van der Waals surface area contributed by atoms with Gasteiger partial charge in [-0.05, 0) is 45.0 Å². The smallest absolute Gasteiger partial charge is 0.308 e. The van der Waals surface area contributed by atoms with Gasteiger partial charge in [0, 0.05) is 0 Å². The minimum atomic E-state index is -0.810. The molecule has 0 radical (unpaired) electrons. The van der Waals surface area contributed by atoms with E-state index in [0.717, 1.165) is 12.1 Å². The zero-order valence-electron chi connectivity index (χ0n) is 13.1. The van der Waals surface area contributed by atoms with E-state index in [0.29, 0.717) is 25.9 Å². The van der Waals surface area contributed by atoms with Crippen LogP contribution in [0, 0.1) is 17.6 Å². The highest BCUT2D eigenvalue weighted by Crippen LogP contribution is 2.22. The molecule has 126 valence electrons. The molecule has 1 N–H and O–H groups in total. The van der Waals surface area contributed by atoms with Crippen molar-refractivity contribution in [2.24, 2.45) is 5.92 Å². The first-order chi connectivity index (χ1) is 10.9. The van der Waals surface area contributed by atoms with Gasteiger partial charge in [-0.25, -0.2) is 8.78 Å². The van der Waals surface area contributed by atoms with E-state index in [4.69, 9.17) is 4.74 Å². The summed E-state index contributed by atoms with van der Waals surface area (Å²) in [5.74, 6) is -2.50. The zero-order chi connectivity index (χ0) is 17.0. The highest BCUT2D eigenvalue weighted by molar-refractivity contribution is 5.94. The van der Waals surface area contributed by atoms with E-state index in [2.05, 4.69) is 5.32 Å². The number of nitrogens with zero attached hydrogens (tertiary/aromatic N) is 1. The van der Waals surface area contributed by atoms with Crippen LogP contribution in [0.15, 0.2) is 18.2 Å². The van der Waals surface area contributed by atoms with Crippen molar-refractivity contribution in [3.05, 3.63) is 29.8 Å². The highest BCUT2D eigenvalue weighted by atomic mass is 19.1. The zero-order valence-corrected chi connectivity index (χ0v) is 13.1. The second kappa shape index (κ2) is 7.50. The summed E-state index contributed by atoms with van der Waals surface area (Å²) in [6.45, 7) is 2.77. The third kappa shape index (κ3) is 4.04. The molecule has 7 heteroatoms. The number of piperidine rings is 1. The van der Waals surface area contributed by atoms with Crippen LogP contribution in [0.3, 0.4) is 0 Å². The Kier molecular flexibility index (Phi) is 5.65. The van der Waals surface area contributed by atoms with Gasteiger partial charge >= 0.3 is 5.97 Å². The van der Waals surface area contributed by atoms with Crippen LogP contribution in [0.2, 0.25) is 0 Å². The molecule has 23 heavy (non-hydrogen) atoms. The average molecular weight is 326 g/mol. The maximum Gasteiger partial charge on any atom is 0.308 e. The summed E-state index contributed by atoms with van der Waals surface area (Å²) in [5, 5.41) is 2.30. The summed E-state index contributed by atoms with van der Waals surface area (Å²) in [5.41, 5.74) is -0.436. The van der Waals surface area contributed by atoms with Crippen molar-refractivity contribution >= 4 is 17.6 Å². The fourth-order valence-electron chi connectivity index (χ4n) is 2.70. The third-order valence-electron chi connectivity index (χ3n) is 4.20. The number of para-hydroxylation sites is 1. The molecule has 1 heterocycles. The first-order valence-electron chi connectivity index (χ1n) is 7.50. The number of carbonyl (C=O) groups is 2. The summed E-state index contributed by atoms with van der Waals surface area (Å²) in [6.07, 6.45) is 1.19. The molecular weight excluding hydrogens is 306 g/mol. The molecule has 0 aliphatic carbocycles. The molecule has 5 nitrogen and oxygen atoms in total. The summed E-state index contributed by atoms with van der Waals surface area (Å²) in [4.78, 5) is 25.6. The molecule has 1 fully saturated rings. The molecule has 0 bridgehead atoms. The van der Waals surface area contributed by atoms with Gasteiger partial charge in [0.15, 0.2) is 0 Å². The Morgan fingerprint density at radius 1 is 1.26 bits per heavy atom. The molecular formula is C16H20F2N2O3. The van der Waals surface area contributed by atoms with E-state index in [1.807, 2.05) is 4.90 Å². The van der Waals surface area contributed by atoms with E-state index in [9.17, 15) is 18.4 Å². The van der Waals surface area contributed by atoms with Crippen molar-refractivity contribution in [2.45, 2.75) is 25.8 Å². The molecule has 0 unspecified atom stereocenters. The predicted octanol–water partition coefficient (Wildman–Crippen LogP) is 2.18. The van der Waals surface area contributed by atoms with Crippen LogP contribution in [0.25, 0.3) is 0 Å². The van der Waals surface area contributed by atoms with Gasteiger partial charge in [-0.3, -0.25) is 14.5 Å². The number of esters is 1. The number of carbonyl (C=O) groups excluding carboxylic acids is 2. The van der Waals surface area contributed by atoms with Gasteiger partial charge < -0.3 is 10.1 Å². The molecule has 1 amide bonds. The maximum absolute atomic E-state index is 13.6. The minimum absolute atomic E-state index is 0.157.